The van der Waals surface area contributed by atoms with E-state index in [-0.39, 0.29) is 39.7 Å². The fourth-order valence-corrected chi connectivity index (χ4v) is 5.87. The molecule has 0 saturated carbocycles. The van der Waals surface area contributed by atoms with Gasteiger partial charge < -0.3 is 0 Å². The third-order valence-corrected chi connectivity index (χ3v) is 8.46. The van der Waals surface area contributed by atoms with E-state index in [1.165, 1.54) is 42.5 Å². The van der Waals surface area contributed by atoms with Crippen LogP contribution in [0.4, 0.5) is 17.1 Å². The van der Waals surface area contributed by atoms with Crippen LogP contribution in [0.3, 0.4) is 0 Å². The maximum Gasteiger partial charge on any atom is 0.261 e. The van der Waals surface area contributed by atoms with Gasteiger partial charge in [-0.2, -0.15) is 0 Å². The van der Waals surface area contributed by atoms with Gasteiger partial charge in [0.05, 0.1) is 26.9 Å². The highest BCUT2D eigenvalue weighted by Gasteiger charge is 2.31. The first-order chi connectivity index (χ1) is 17.0. The molecule has 1 aliphatic heterocycles. The predicted molar refractivity (Wildman–Crippen MR) is 137 cm³/mol. The van der Waals surface area contributed by atoms with Crippen molar-refractivity contribution in [3.05, 3.63) is 77.9 Å². The lowest BCUT2D eigenvalue weighted by molar-refractivity contribution is -0.129. The van der Waals surface area contributed by atoms with E-state index in [0.717, 1.165) is 16.0 Å². The maximum absolute atomic E-state index is 13.0. The molecule has 0 atom stereocenters. The van der Waals surface area contributed by atoms with Crippen molar-refractivity contribution in [3.8, 4) is 0 Å². The van der Waals surface area contributed by atoms with E-state index in [1.54, 1.807) is 24.3 Å². The van der Waals surface area contributed by atoms with Crippen molar-refractivity contribution in [2.24, 2.45) is 0 Å². The smallest absolute Gasteiger partial charge is 0.261 e. The number of benzene rings is 3. The van der Waals surface area contributed by atoms with E-state index >= 15 is 0 Å². The number of hydrogen-bond donors (Lipinski definition) is 2. The van der Waals surface area contributed by atoms with E-state index in [1.807, 2.05) is 13.8 Å². The summed E-state index contributed by atoms with van der Waals surface area (Å²) in [7, 11) is -8.04. The third-order valence-electron chi connectivity index (χ3n) is 5.68. The predicted octanol–water partition coefficient (Wildman–Crippen LogP) is 3.95. The van der Waals surface area contributed by atoms with Crippen LogP contribution in [0.5, 0.6) is 0 Å². The first-order valence-electron chi connectivity index (χ1n) is 11.2. The largest absolute Gasteiger partial charge is 0.280 e. The summed E-state index contributed by atoms with van der Waals surface area (Å²) in [5.74, 6) is -0.999. The molecule has 36 heavy (non-hydrogen) atoms. The van der Waals surface area contributed by atoms with Crippen molar-refractivity contribution in [3.63, 3.8) is 0 Å². The van der Waals surface area contributed by atoms with Crippen molar-refractivity contribution >= 4 is 48.9 Å². The average molecular weight is 528 g/mol. The van der Waals surface area contributed by atoms with Crippen LogP contribution in [0.2, 0.25) is 0 Å². The average Bonchev–Trinajstić information content (AvgIpc) is 2.81. The van der Waals surface area contributed by atoms with Gasteiger partial charge in [-0.3, -0.25) is 19.0 Å². The van der Waals surface area contributed by atoms with E-state index in [9.17, 15) is 26.4 Å². The molecule has 1 aliphatic rings. The molecule has 188 valence electrons. The fourth-order valence-electron chi connectivity index (χ4n) is 3.74. The number of carbonyl (C=O) groups excluding carboxylic acids is 2. The molecule has 0 aromatic heterocycles. The quantitative estimate of drug-likeness (QED) is 0.448. The number of nitrogens with zero attached hydrogens (tertiary/aromatic N) is 1. The summed E-state index contributed by atoms with van der Waals surface area (Å²) in [5.41, 5.74) is 1.75. The standard InChI is InChI=1S/C25H25N3O6S2/c1-17-6-11-20(12-7-17)35(31,32)26-19-10-15-22(23(16-19)28-24(29)4-3-5-25(28)30)27-36(33,34)21-13-8-18(2)9-14-21/h6-16,26-27H,3-5H2,1-2H3. The summed E-state index contributed by atoms with van der Waals surface area (Å²) in [6.07, 6.45) is 0.600. The highest BCUT2D eigenvalue weighted by molar-refractivity contribution is 7.93. The van der Waals surface area contributed by atoms with Gasteiger partial charge in [0.25, 0.3) is 20.0 Å². The van der Waals surface area contributed by atoms with Crippen molar-refractivity contribution in [1.82, 2.24) is 0 Å². The van der Waals surface area contributed by atoms with Gasteiger partial charge in [-0.15, -0.1) is 0 Å². The fraction of sp³-hybridized carbons (Fsp3) is 0.200. The second-order valence-electron chi connectivity index (χ2n) is 8.55. The normalized spacial score (nSPS) is 14.6. The van der Waals surface area contributed by atoms with Gasteiger partial charge in [-0.1, -0.05) is 35.4 Å². The molecule has 1 saturated heterocycles. The van der Waals surface area contributed by atoms with Crippen LogP contribution in [0.15, 0.2) is 76.5 Å². The van der Waals surface area contributed by atoms with Crippen LogP contribution in [0, 0.1) is 13.8 Å². The van der Waals surface area contributed by atoms with Crippen LogP contribution in [0.25, 0.3) is 0 Å². The van der Waals surface area contributed by atoms with Gasteiger partial charge in [0.1, 0.15) is 0 Å². The molecule has 4 rings (SSSR count). The van der Waals surface area contributed by atoms with Crippen molar-refractivity contribution in [2.75, 3.05) is 14.3 Å². The topological polar surface area (TPSA) is 130 Å². The second kappa shape index (κ2) is 9.75. The van der Waals surface area contributed by atoms with Crippen LogP contribution >= 0.6 is 0 Å². The molecule has 1 heterocycles. The van der Waals surface area contributed by atoms with Crippen molar-refractivity contribution in [1.29, 1.82) is 0 Å². The Morgan fingerprint density at radius 1 is 0.667 bits per heavy atom. The molecule has 0 spiro atoms. The molecule has 0 radical (unpaired) electrons. The lowest BCUT2D eigenvalue weighted by Gasteiger charge is -2.27. The number of hydrogen-bond acceptors (Lipinski definition) is 6. The Kier molecular flexibility index (Phi) is 6.87. The molecule has 0 bridgehead atoms. The maximum atomic E-state index is 13.0. The number of amides is 2. The van der Waals surface area contributed by atoms with Gasteiger partial charge in [0.15, 0.2) is 0 Å². The summed E-state index contributed by atoms with van der Waals surface area (Å²) < 4.78 is 56.7. The summed E-state index contributed by atoms with van der Waals surface area (Å²) in [6, 6.07) is 16.4. The Balaban J connectivity index is 1.75. The lowest BCUT2D eigenvalue weighted by Crippen LogP contribution is -2.40. The Hall–Kier alpha value is -3.70. The van der Waals surface area contributed by atoms with Crippen molar-refractivity contribution in [2.45, 2.75) is 42.9 Å². The minimum Gasteiger partial charge on any atom is -0.280 e. The zero-order valence-corrected chi connectivity index (χ0v) is 21.3. The highest BCUT2D eigenvalue weighted by atomic mass is 32.2. The van der Waals surface area contributed by atoms with E-state index < -0.39 is 31.9 Å². The number of nitrogens with one attached hydrogen (secondary N) is 2. The SMILES string of the molecule is Cc1ccc(S(=O)(=O)Nc2ccc(NS(=O)(=O)c3ccc(C)cc3)c(N3C(=O)CCCC3=O)c2)cc1. The zero-order chi connectivity index (χ0) is 26.1. The van der Waals surface area contributed by atoms with E-state index in [0.29, 0.717) is 6.42 Å². The highest BCUT2D eigenvalue weighted by Crippen LogP contribution is 2.35. The van der Waals surface area contributed by atoms with Gasteiger partial charge >= 0.3 is 0 Å². The summed E-state index contributed by atoms with van der Waals surface area (Å²) in [5, 5.41) is 0. The zero-order valence-electron chi connectivity index (χ0n) is 19.7. The molecule has 9 nitrogen and oxygen atoms in total. The van der Waals surface area contributed by atoms with Gasteiger partial charge in [-0.25, -0.2) is 21.7 Å². The van der Waals surface area contributed by atoms with Crippen LogP contribution in [-0.2, 0) is 29.6 Å². The molecule has 2 amide bonds. The summed E-state index contributed by atoms with van der Waals surface area (Å²) in [6.45, 7) is 3.66. The molecule has 11 heteroatoms. The molecular weight excluding hydrogens is 502 g/mol. The van der Waals surface area contributed by atoms with E-state index in [4.69, 9.17) is 0 Å². The van der Waals surface area contributed by atoms with Crippen LogP contribution in [0.1, 0.15) is 30.4 Å². The first kappa shape index (κ1) is 25.4. The number of imide groups is 1. The van der Waals surface area contributed by atoms with Crippen molar-refractivity contribution < 1.29 is 26.4 Å². The Morgan fingerprint density at radius 2 is 1.14 bits per heavy atom. The Bertz CT molecular complexity index is 1520. The minimum absolute atomic E-state index is 0.000465. The minimum atomic E-state index is -4.06. The third kappa shape index (κ3) is 5.42. The summed E-state index contributed by atoms with van der Waals surface area (Å²) in [4.78, 5) is 26.3. The molecule has 1 fully saturated rings. The molecule has 2 N–H and O–H groups in total. The number of anilines is 3. The van der Waals surface area contributed by atoms with Gasteiger partial charge in [0.2, 0.25) is 11.8 Å². The number of carbonyl (C=O) groups is 2. The molecule has 0 aliphatic carbocycles. The number of aryl methyl sites for hydroxylation is 2. The first-order valence-corrected chi connectivity index (χ1v) is 14.1. The second-order valence-corrected chi connectivity index (χ2v) is 11.9. The molecule has 0 unspecified atom stereocenters. The molecular formula is C25H25N3O6S2. The summed E-state index contributed by atoms with van der Waals surface area (Å²) >= 11 is 0. The molecule has 3 aromatic rings. The monoisotopic (exact) mass is 527 g/mol. The molecule has 3 aromatic carbocycles. The van der Waals surface area contributed by atoms with Gasteiger partial charge in [0, 0.05) is 12.8 Å². The van der Waals surface area contributed by atoms with E-state index in [2.05, 4.69) is 9.44 Å². The number of sulfonamides is 2. The Morgan fingerprint density at radius 3 is 1.64 bits per heavy atom. The number of piperidine rings is 1. The Labute approximate surface area is 210 Å². The number of rotatable bonds is 7. The van der Waals surface area contributed by atoms with Crippen LogP contribution < -0.4 is 14.3 Å². The van der Waals surface area contributed by atoms with Crippen LogP contribution in [-0.4, -0.2) is 28.6 Å². The lowest BCUT2D eigenvalue weighted by atomic mass is 10.1. The van der Waals surface area contributed by atoms with Gasteiger partial charge in [-0.05, 0) is 62.7 Å².